The molecule has 0 aliphatic carbocycles. The molecular formula is C15H23N3O3. The molecule has 1 atom stereocenters. The van der Waals surface area contributed by atoms with Crippen LogP contribution in [0.25, 0.3) is 0 Å². The first-order valence-electron chi connectivity index (χ1n) is 7.46. The van der Waals surface area contributed by atoms with Crippen molar-refractivity contribution in [2.24, 2.45) is 0 Å². The maximum Gasteiger partial charge on any atom is 0.290 e. The highest BCUT2D eigenvalue weighted by Gasteiger charge is 2.31. The van der Waals surface area contributed by atoms with Crippen LogP contribution in [0.5, 0.6) is 0 Å². The summed E-state index contributed by atoms with van der Waals surface area (Å²) in [5.74, 6) is 0.738. The summed E-state index contributed by atoms with van der Waals surface area (Å²) >= 11 is 0. The van der Waals surface area contributed by atoms with Crippen LogP contribution in [0, 0.1) is 0 Å². The van der Waals surface area contributed by atoms with E-state index in [-0.39, 0.29) is 11.8 Å². The van der Waals surface area contributed by atoms with Crippen molar-refractivity contribution in [3.63, 3.8) is 0 Å². The van der Waals surface area contributed by atoms with Crippen molar-refractivity contribution in [1.82, 2.24) is 15.1 Å². The molecule has 1 aliphatic rings. The maximum atomic E-state index is 12.4. The molecule has 21 heavy (non-hydrogen) atoms. The van der Waals surface area contributed by atoms with Gasteiger partial charge in [0.15, 0.2) is 5.76 Å². The molecule has 1 aliphatic heterocycles. The second-order valence-corrected chi connectivity index (χ2v) is 5.19. The smallest absolute Gasteiger partial charge is 0.290 e. The molecule has 1 unspecified atom stereocenters. The Kier molecular flexibility index (Phi) is 5.01. The summed E-state index contributed by atoms with van der Waals surface area (Å²) < 4.78 is 5.65. The molecule has 1 aromatic rings. The molecule has 0 saturated carbocycles. The fourth-order valence-corrected chi connectivity index (χ4v) is 2.45. The topological polar surface area (TPSA) is 65.8 Å². The number of hydrogen-bond donors (Lipinski definition) is 1. The summed E-state index contributed by atoms with van der Waals surface area (Å²) in [6.07, 6.45) is 0. The molecule has 1 aromatic heterocycles. The SMILES string of the molecule is CCN(CC)Cc1ccc(C(=O)N2CCNC(=O)C2C)o1. The number of rotatable bonds is 5. The standard InChI is InChI=1S/C15H23N3O3/c1-4-17(5-2)10-12-6-7-13(21-12)15(20)18-9-8-16-14(19)11(18)3/h6-7,11H,4-5,8-10H2,1-3H3,(H,16,19). The lowest BCUT2D eigenvalue weighted by Gasteiger charge is -2.32. The molecule has 1 N–H and O–H groups in total. The molecule has 0 spiro atoms. The van der Waals surface area contributed by atoms with Crippen LogP contribution in [0.15, 0.2) is 16.5 Å². The lowest BCUT2D eigenvalue weighted by molar-refractivity contribution is -0.127. The maximum absolute atomic E-state index is 12.4. The number of furan rings is 1. The van der Waals surface area contributed by atoms with Gasteiger partial charge in [0.05, 0.1) is 6.54 Å². The summed E-state index contributed by atoms with van der Waals surface area (Å²) in [6, 6.07) is 3.07. The quantitative estimate of drug-likeness (QED) is 0.882. The van der Waals surface area contributed by atoms with Crippen LogP contribution >= 0.6 is 0 Å². The first-order valence-corrected chi connectivity index (χ1v) is 7.46. The third-order valence-corrected chi connectivity index (χ3v) is 3.91. The Morgan fingerprint density at radius 2 is 2.14 bits per heavy atom. The minimum Gasteiger partial charge on any atom is -0.455 e. The van der Waals surface area contributed by atoms with Crippen molar-refractivity contribution >= 4 is 11.8 Å². The summed E-state index contributed by atoms with van der Waals surface area (Å²) in [5, 5.41) is 2.74. The van der Waals surface area contributed by atoms with E-state index in [1.54, 1.807) is 17.9 Å². The van der Waals surface area contributed by atoms with Gasteiger partial charge in [0.25, 0.3) is 5.91 Å². The van der Waals surface area contributed by atoms with E-state index in [1.165, 1.54) is 0 Å². The van der Waals surface area contributed by atoms with Crippen LogP contribution in [0.2, 0.25) is 0 Å². The van der Waals surface area contributed by atoms with Crippen molar-refractivity contribution in [2.75, 3.05) is 26.2 Å². The fraction of sp³-hybridized carbons (Fsp3) is 0.600. The van der Waals surface area contributed by atoms with E-state index >= 15 is 0 Å². The highest BCUT2D eigenvalue weighted by atomic mass is 16.4. The van der Waals surface area contributed by atoms with Gasteiger partial charge < -0.3 is 14.6 Å². The second kappa shape index (κ2) is 6.76. The van der Waals surface area contributed by atoms with Gasteiger partial charge in [-0.3, -0.25) is 14.5 Å². The minimum absolute atomic E-state index is 0.121. The average Bonchev–Trinajstić information content (AvgIpc) is 2.95. The fourth-order valence-electron chi connectivity index (χ4n) is 2.45. The molecule has 2 heterocycles. The number of carbonyl (C=O) groups excluding carboxylic acids is 2. The normalized spacial score (nSPS) is 19.0. The zero-order valence-corrected chi connectivity index (χ0v) is 12.9. The van der Waals surface area contributed by atoms with E-state index in [0.29, 0.717) is 25.4 Å². The van der Waals surface area contributed by atoms with E-state index in [9.17, 15) is 9.59 Å². The van der Waals surface area contributed by atoms with Gasteiger partial charge in [0.2, 0.25) is 5.91 Å². The van der Waals surface area contributed by atoms with Crippen molar-refractivity contribution in [3.05, 3.63) is 23.7 Å². The van der Waals surface area contributed by atoms with Crippen LogP contribution in [0.3, 0.4) is 0 Å². The zero-order valence-electron chi connectivity index (χ0n) is 12.9. The van der Waals surface area contributed by atoms with Crippen molar-refractivity contribution in [1.29, 1.82) is 0 Å². The van der Waals surface area contributed by atoms with Crippen molar-refractivity contribution in [3.8, 4) is 0 Å². The summed E-state index contributed by atoms with van der Waals surface area (Å²) in [7, 11) is 0. The predicted molar refractivity (Wildman–Crippen MR) is 78.8 cm³/mol. The Morgan fingerprint density at radius 1 is 1.43 bits per heavy atom. The number of piperazine rings is 1. The molecule has 0 bridgehead atoms. The molecule has 6 nitrogen and oxygen atoms in total. The van der Waals surface area contributed by atoms with E-state index in [0.717, 1.165) is 18.8 Å². The van der Waals surface area contributed by atoms with Crippen LogP contribution in [0.4, 0.5) is 0 Å². The van der Waals surface area contributed by atoms with Crippen LogP contribution in [0.1, 0.15) is 37.1 Å². The van der Waals surface area contributed by atoms with Crippen LogP contribution < -0.4 is 5.32 Å². The summed E-state index contributed by atoms with van der Waals surface area (Å²) in [5.41, 5.74) is 0. The number of hydrogen-bond acceptors (Lipinski definition) is 4. The molecule has 116 valence electrons. The summed E-state index contributed by atoms with van der Waals surface area (Å²) in [6.45, 7) is 9.47. The van der Waals surface area contributed by atoms with E-state index < -0.39 is 6.04 Å². The molecule has 2 rings (SSSR count). The van der Waals surface area contributed by atoms with Crippen LogP contribution in [-0.4, -0.2) is 53.8 Å². The Hall–Kier alpha value is -1.82. The Bertz CT molecular complexity index is 508. The largest absolute Gasteiger partial charge is 0.455 e. The number of amides is 2. The van der Waals surface area contributed by atoms with Gasteiger partial charge >= 0.3 is 0 Å². The number of nitrogens with one attached hydrogen (secondary N) is 1. The lowest BCUT2D eigenvalue weighted by Crippen LogP contribution is -2.55. The Labute approximate surface area is 125 Å². The zero-order chi connectivity index (χ0) is 15.4. The molecule has 2 amide bonds. The molecule has 1 saturated heterocycles. The van der Waals surface area contributed by atoms with E-state index in [4.69, 9.17) is 4.42 Å². The average molecular weight is 293 g/mol. The minimum atomic E-state index is -0.456. The molecule has 1 fully saturated rings. The molecule has 6 heteroatoms. The van der Waals surface area contributed by atoms with Gasteiger partial charge in [-0.1, -0.05) is 13.8 Å². The molecular weight excluding hydrogens is 270 g/mol. The van der Waals surface area contributed by atoms with Gasteiger partial charge in [0, 0.05) is 13.1 Å². The predicted octanol–water partition coefficient (Wildman–Crippen LogP) is 1.08. The lowest BCUT2D eigenvalue weighted by atomic mass is 10.2. The molecule has 0 aromatic carbocycles. The Morgan fingerprint density at radius 3 is 2.81 bits per heavy atom. The van der Waals surface area contributed by atoms with Gasteiger partial charge in [-0.15, -0.1) is 0 Å². The van der Waals surface area contributed by atoms with Gasteiger partial charge in [-0.25, -0.2) is 0 Å². The van der Waals surface area contributed by atoms with Gasteiger partial charge in [-0.05, 0) is 32.1 Å². The van der Waals surface area contributed by atoms with Crippen LogP contribution in [-0.2, 0) is 11.3 Å². The summed E-state index contributed by atoms with van der Waals surface area (Å²) in [4.78, 5) is 27.8. The Balaban J connectivity index is 2.06. The van der Waals surface area contributed by atoms with Crippen molar-refractivity contribution in [2.45, 2.75) is 33.4 Å². The first-order chi connectivity index (χ1) is 10.1. The number of nitrogens with zero attached hydrogens (tertiary/aromatic N) is 2. The monoisotopic (exact) mass is 293 g/mol. The first kappa shape index (κ1) is 15.6. The highest BCUT2D eigenvalue weighted by molar-refractivity contribution is 5.96. The third kappa shape index (κ3) is 3.44. The van der Waals surface area contributed by atoms with E-state index in [1.807, 2.05) is 6.07 Å². The third-order valence-electron chi connectivity index (χ3n) is 3.91. The highest BCUT2D eigenvalue weighted by Crippen LogP contribution is 2.15. The van der Waals surface area contributed by atoms with Gasteiger partial charge in [0.1, 0.15) is 11.8 Å². The number of carbonyl (C=O) groups is 2. The van der Waals surface area contributed by atoms with Gasteiger partial charge in [-0.2, -0.15) is 0 Å². The van der Waals surface area contributed by atoms with E-state index in [2.05, 4.69) is 24.1 Å². The second-order valence-electron chi connectivity index (χ2n) is 5.19. The van der Waals surface area contributed by atoms with Crippen molar-refractivity contribution < 1.29 is 14.0 Å². The molecule has 0 radical (unpaired) electrons.